The summed E-state index contributed by atoms with van der Waals surface area (Å²) in [4.78, 5) is 14.8. The van der Waals surface area contributed by atoms with Gasteiger partial charge in [0.15, 0.2) is 0 Å². The quantitative estimate of drug-likeness (QED) is 0.682. The Bertz CT molecular complexity index is 687. The lowest BCUT2D eigenvalue weighted by molar-refractivity contribution is 0.102. The van der Waals surface area contributed by atoms with Crippen molar-refractivity contribution in [2.45, 2.75) is 42.9 Å². The SMILES string of the molecule is CCC.CNSc1ccc(NC(=O)c2ccc3c(c2)CCCS3)cc1. The second-order valence-electron chi connectivity index (χ2n) is 5.77. The summed E-state index contributed by atoms with van der Waals surface area (Å²) in [5.41, 5.74) is 2.84. The first-order valence-electron chi connectivity index (χ1n) is 8.68. The number of thioether (sulfide) groups is 1. The molecule has 0 spiro atoms. The number of fused-ring (bicyclic) bond motifs is 1. The third kappa shape index (κ3) is 6.10. The molecular weight excluding hydrogens is 348 g/mol. The lowest BCUT2D eigenvalue weighted by atomic mass is 10.1. The monoisotopic (exact) mass is 374 g/mol. The Morgan fingerprint density at radius 1 is 1.16 bits per heavy atom. The second-order valence-corrected chi connectivity index (χ2v) is 7.99. The Kier molecular flexibility index (Phi) is 8.38. The Morgan fingerprint density at radius 3 is 2.56 bits per heavy atom. The van der Waals surface area contributed by atoms with Crippen LogP contribution in [-0.2, 0) is 6.42 Å². The largest absolute Gasteiger partial charge is 0.322 e. The average molecular weight is 375 g/mol. The summed E-state index contributed by atoms with van der Waals surface area (Å²) in [6.45, 7) is 4.25. The maximum atomic E-state index is 12.4. The average Bonchev–Trinajstić information content (AvgIpc) is 2.64. The summed E-state index contributed by atoms with van der Waals surface area (Å²) in [5.74, 6) is 1.13. The molecule has 1 aliphatic rings. The number of carbonyl (C=O) groups is 1. The molecule has 5 heteroatoms. The van der Waals surface area contributed by atoms with Gasteiger partial charge in [-0.05, 0) is 85.6 Å². The molecule has 2 aromatic carbocycles. The molecule has 2 N–H and O–H groups in total. The van der Waals surface area contributed by atoms with E-state index >= 15 is 0 Å². The number of anilines is 1. The van der Waals surface area contributed by atoms with E-state index in [1.54, 1.807) is 11.9 Å². The summed E-state index contributed by atoms with van der Waals surface area (Å²) in [6, 6.07) is 13.8. The van der Waals surface area contributed by atoms with Crippen LogP contribution in [0.5, 0.6) is 0 Å². The summed E-state index contributed by atoms with van der Waals surface area (Å²) >= 11 is 3.43. The zero-order valence-corrected chi connectivity index (χ0v) is 16.7. The molecule has 0 saturated carbocycles. The maximum Gasteiger partial charge on any atom is 0.255 e. The summed E-state index contributed by atoms with van der Waals surface area (Å²) < 4.78 is 3.03. The molecule has 1 amide bonds. The van der Waals surface area contributed by atoms with Crippen LogP contribution in [0.4, 0.5) is 5.69 Å². The van der Waals surface area contributed by atoms with Crippen LogP contribution in [0.25, 0.3) is 0 Å². The molecule has 3 nitrogen and oxygen atoms in total. The van der Waals surface area contributed by atoms with Crippen LogP contribution in [0, 0.1) is 0 Å². The van der Waals surface area contributed by atoms with Gasteiger partial charge >= 0.3 is 0 Å². The van der Waals surface area contributed by atoms with E-state index in [1.807, 2.05) is 55.2 Å². The number of hydrogen-bond acceptors (Lipinski definition) is 4. The van der Waals surface area contributed by atoms with Gasteiger partial charge in [0.1, 0.15) is 0 Å². The van der Waals surface area contributed by atoms with Crippen LogP contribution in [0.3, 0.4) is 0 Å². The maximum absolute atomic E-state index is 12.4. The third-order valence-corrected chi connectivity index (χ3v) is 5.42. The number of aryl methyl sites for hydroxylation is 1. The molecular formula is C20H26N2OS2. The van der Waals surface area contributed by atoms with E-state index in [9.17, 15) is 4.79 Å². The molecule has 1 heterocycles. The first kappa shape index (κ1) is 19.9. The number of carbonyl (C=O) groups excluding carboxylic acids is 1. The van der Waals surface area contributed by atoms with Crippen molar-refractivity contribution in [3.05, 3.63) is 53.6 Å². The molecule has 3 rings (SSSR count). The van der Waals surface area contributed by atoms with Gasteiger partial charge in [-0.1, -0.05) is 20.3 Å². The van der Waals surface area contributed by atoms with Crippen molar-refractivity contribution < 1.29 is 4.79 Å². The second kappa shape index (κ2) is 10.5. The number of benzene rings is 2. The molecule has 0 aliphatic carbocycles. The van der Waals surface area contributed by atoms with E-state index < -0.39 is 0 Å². The van der Waals surface area contributed by atoms with Crippen molar-refractivity contribution in [3.8, 4) is 0 Å². The Balaban J connectivity index is 0.000000701. The molecule has 0 bridgehead atoms. The van der Waals surface area contributed by atoms with Gasteiger partial charge in [-0.25, -0.2) is 0 Å². The Morgan fingerprint density at radius 2 is 1.88 bits per heavy atom. The van der Waals surface area contributed by atoms with E-state index in [0.29, 0.717) is 0 Å². The molecule has 0 radical (unpaired) electrons. The van der Waals surface area contributed by atoms with Crippen LogP contribution < -0.4 is 10.0 Å². The number of hydrogen-bond donors (Lipinski definition) is 2. The van der Waals surface area contributed by atoms with Crippen LogP contribution in [0.2, 0.25) is 0 Å². The minimum Gasteiger partial charge on any atom is -0.322 e. The lowest BCUT2D eigenvalue weighted by Crippen LogP contribution is -2.13. The minimum absolute atomic E-state index is 0.0487. The predicted octanol–water partition coefficient (Wildman–Crippen LogP) is 5.62. The van der Waals surface area contributed by atoms with Gasteiger partial charge in [0.25, 0.3) is 5.91 Å². The predicted molar refractivity (Wildman–Crippen MR) is 111 cm³/mol. The molecule has 0 unspecified atom stereocenters. The molecule has 134 valence electrons. The van der Waals surface area contributed by atoms with Crippen molar-refractivity contribution in [1.82, 2.24) is 4.72 Å². The van der Waals surface area contributed by atoms with Crippen molar-refractivity contribution in [1.29, 1.82) is 0 Å². The van der Waals surface area contributed by atoms with E-state index in [4.69, 9.17) is 0 Å². The van der Waals surface area contributed by atoms with Gasteiger partial charge in [-0.3, -0.25) is 9.52 Å². The molecule has 0 aromatic heterocycles. The highest BCUT2D eigenvalue weighted by Gasteiger charge is 2.13. The zero-order chi connectivity index (χ0) is 18.1. The first-order valence-corrected chi connectivity index (χ1v) is 10.5. The topological polar surface area (TPSA) is 41.1 Å². The zero-order valence-electron chi connectivity index (χ0n) is 15.1. The Labute approximate surface area is 159 Å². The fourth-order valence-corrected chi connectivity index (χ4v) is 3.96. The number of amides is 1. The number of nitrogens with one attached hydrogen (secondary N) is 2. The summed E-state index contributed by atoms with van der Waals surface area (Å²) in [6.07, 6.45) is 3.51. The first-order chi connectivity index (χ1) is 12.2. The Hall–Kier alpha value is -1.43. The normalized spacial score (nSPS) is 12.6. The smallest absolute Gasteiger partial charge is 0.255 e. The van der Waals surface area contributed by atoms with Crippen LogP contribution in [0.1, 0.15) is 42.6 Å². The summed E-state index contributed by atoms with van der Waals surface area (Å²) in [7, 11) is 1.88. The van der Waals surface area contributed by atoms with E-state index in [1.165, 1.54) is 29.1 Å². The molecule has 1 aliphatic heterocycles. The van der Waals surface area contributed by atoms with Gasteiger partial charge in [-0.2, -0.15) is 0 Å². The molecule has 25 heavy (non-hydrogen) atoms. The fraction of sp³-hybridized carbons (Fsp3) is 0.350. The third-order valence-electron chi connectivity index (χ3n) is 3.50. The van der Waals surface area contributed by atoms with Crippen molar-refractivity contribution in [2.24, 2.45) is 0 Å². The van der Waals surface area contributed by atoms with Crippen LogP contribution in [0.15, 0.2) is 52.3 Å². The van der Waals surface area contributed by atoms with Crippen LogP contribution in [-0.4, -0.2) is 18.7 Å². The highest BCUT2D eigenvalue weighted by atomic mass is 32.2. The standard InChI is InChI=1S/C17H18N2OS2.C3H8/c1-18-22-15-7-5-14(6-8-15)19-17(20)13-4-9-16-12(11-13)3-2-10-21-16;1-3-2/h4-9,11,18H,2-3,10H2,1H3,(H,19,20);3H2,1-2H3. The highest BCUT2D eigenvalue weighted by molar-refractivity contribution is 7.99. The van der Waals surface area contributed by atoms with E-state index in [-0.39, 0.29) is 5.91 Å². The van der Waals surface area contributed by atoms with Gasteiger partial charge in [0.2, 0.25) is 0 Å². The fourth-order valence-electron chi connectivity index (χ4n) is 2.43. The van der Waals surface area contributed by atoms with E-state index in [2.05, 4.69) is 30.0 Å². The summed E-state index contributed by atoms with van der Waals surface area (Å²) in [5, 5.41) is 2.96. The molecule has 0 fully saturated rings. The number of rotatable bonds is 4. The molecule has 0 saturated heterocycles. The van der Waals surface area contributed by atoms with Gasteiger partial charge in [0.05, 0.1) is 0 Å². The lowest BCUT2D eigenvalue weighted by Gasteiger charge is -2.16. The van der Waals surface area contributed by atoms with Gasteiger partial charge < -0.3 is 5.32 Å². The van der Waals surface area contributed by atoms with Crippen molar-refractivity contribution in [2.75, 3.05) is 18.1 Å². The molecule has 0 atom stereocenters. The van der Waals surface area contributed by atoms with Crippen molar-refractivity contribution >= 4 is 35.3 Å². The highest BCUT2D eigenvalue weighted by Crippen LogP contribution is 2.30. The van der Waals surface area contributed by atoms with Gasteiger partial charge in [0, 0.05) is 21.0 Å². The molecule has 2 aromatic rings. The van der Waals surface area contributed by atoms with Gasteiger partial charge in [-0.15, -0.1) is 11.8 Å². The van der Waals surface area contributed by atoms with Crippen molar-refractivity contribution in [3.63, 3.8) is 0 Å². The minimum atomic E-state index is -0.0487. The van der Waals surface area contributed by atoms with Crippen LogP contribution >= 0.6 is 23.7 Å². The van der Waals surface area contributed by atoms with E-state index in [0.717, 1.165) is 22.6 Å².